The molecule has 0 heterocycles. The Labute approximate surface area is 174 Å². The molecule has 0 bridgehead atoms. The molecule has 0 radical (unpaired) electrons. The van der Waals surface area contributed by atoms with E-state index in [0.29, 0.717) is 16.3 Å². The number of fused-ring (bicyclic) bond motifs is 1. The number of nitrogens with zero attached hydrogens (tertiary/aromatic N) is 1. The molecule has 0 aromatic heterocycles. The fourth-order valence-electron chi connectivity index (χ4n) is 3.17. The van der Waals surface area contributed by atoms with E-state index in [1.807, 2.05) is 26.0 Å². The summed E-state index contributed by atoms with van der Waals surface area (Å²) in [5.74, 6) is -0.0622. The van der Waals surface area contributed by atoms with Crippen LogP contribution in [-0.4, -0.2) is 17.0 Å². The molecular formula is C24H23NO5. The number of rotatable bonds is 8. The molecule has 3 rings (SSSR count). The Morgan fingerprint density at radius 3 is 2.50 bits per heavy atom. The minimum Gasteiger partial charge on any atom is -0.484 e. The number of ether oxygens (including phenoxy) is 2. The van der Waals surface area contributed by atoms with Gasteiger partial charge in [-0.05, 0) is 63.1 Å². The van der Waals surface area contributed by atoms with Gasteiger partial charge >= 0.3 is 11.7 Å². The van der Waals surface area contributed by atoms with Crippen molar-refractivity contribution in [3.63, 3.8) is 0 Å². The third-order valence-electron chi connectivity index (χ3n) is 4.65. The van der Waals surface area contributed by atoms with Crippen molar-refractivity contribution in [2.24, 2.45) is 0 Å². The molecule has 0 fully saturated rings. The van der Waals surface area contributed by atoms with Gasteiger partial charge in [-0.25, -0.2) is 4.79 Å². The van der Waals surface area contributed by atoms with Crippen LogP contribution in [0.1, 0.15) is 37.0 Å². The molecule has 0 N–H and O–H groups in total. The van der Waals surface area contributed by atoms with Gasteiger partial charge in [0.1, 0.15) is 5.75 Å². The van der Waals surface area contributed by atoms with Gasteiger partial charge in [-0.3, -0.25) is 10.1 Å². The van der Waals surface area contributed by atoms with E-state index in [0.717, 1.165) is 12.8 Å². The van der Waals surface area contributed by atoms with E-state index in [9.17, 15) is 14.9 Å². The largest absolute Gasteiger partial charge is 0.484 e. The summed E-state index contributed by atoms with van der Waals surface area (Å²) in [6.07, 6.45) is 5.38. The van der Waals surface area contributed by atoms with Gasteiger partial charge in [0.05, 0.1) is 22.0 Å². The van der Waals surface area contributed by atoms with Gasteiger partial charge in [-0.2, -0.15) is 0 Å². The molecule has 0 aliphatic carbocycles. The Kier molecular flexibility index (Phi) is 6.80. The van der Waals surface area contributed by atoms with Crippen molar-refractivity contribution in [2.45, 2.75) is 32.8 Å². The van der Waals surface area contributed by atoms with E-state index in [1.54, 1.807) is 60.7 Å². The van der Waals surface area contributed by atoms with Crippen LogP contribution in [0.4, 0.5) is 5.69 Å². The SMILES string of the molecule is CC=CCCC(C)Oc1ccc2c(OC(=O)c3ccccc3)cccc2c1[N+](=O)[O-]. The van der Waals surface area contributed by atoms with Crippen LogP contribution in [0, 0.1) is 10.1 Å². The van der Waals surface area contributed by atoms with E-state index in [-0.39, 0.29) is 23.3 Å². The lowest BCUT2D eigenvalue weighted by molar-refractivity contribution is -0.384. The number of nitro groups is 1. The van der Waals surface area contributed by atoms with Crippen LogP contribution in [0.5, 0.6) is 11.5 Å². The van der Waals surface area contributed by atoms with Gasteiger partial charge < -0.3 is 9.47 Å². The van der Waals surface area contributed by atoms with E-state index in [1.165, 1.54) is 0 Å². The number of esters is 1. The van der Waals surface area contributed by atoms with Crippen LogP contribution in [0.2, 0.25) is 0 Å². The summed E-state index contributed by atoms with van der Waals surface area (Å²) in [6, 6.07) is 16.7. The molecule has 6 nitrogen and oxygen atoms in total. The Balaban J connectivity index is 1.94. The predicted molar refractivity (Wildman–Crippen MR) is 116 cm³/mol. The maximum absolute atomic E-state index is 12.4. The number of benzene rings is 3. The summed E-state index contributed by atoms with van der Waals surface area (Å²) in [7, 11) is 0. The van der Waals surface area contributed by atoms with Gasteiger partial charge in [-0.15, -0.1) is 0 Å². The molecule has 3 aromatic rings. The normalized spacial score (nSPS) is 12.1. The Bertz CT molecular complexity index is 1080. The number of allylic oxidation sites excluding steroid dienone is 2. The molecule has 0 amide bonds. The standard InChI is InChI=1S/C24H23NO5/c1-3-4-6-10-17(2)29-22-16-15-19-20(23(22)25(27)28)13-9-14-21(19)30-24(26)18-11-7-5-8-12-18/h3-5,7-9,11-17H,6,10H2,1-2H3. The smallest absolute Gasteiger partial charge is 0.343 e. The van der Waals surface area contributed by atoms with E-state index in [4.69, 9.17) is 9.47 Å². The fourth-order valence-corrected chi connectivity index (χ4v) is 3.17. The van der Waals surface area contributed by atoms with Crippen LogP contribution in [-0.2, 0) is 0 Å². The van der Waals surface area contributed by atoms with Gasteiger partial charge in [0.15, 0.2) is 5.75 Å². The second kappa shape index (κ2) is 9.69. The molecule has 1 atom stereocenters. The molecule has 0 aliphatic heterocycles. The zero-order chi connectivity index (χ0) is 21.5. The zero-order valence-corrected chi connectivity index (χ0v) is 16.9. The Hall–Kier alpha value is -3.67. The minimum absolute atomic E-state index is 0.136. The molecule has 0 spiro atoms. The van der Waals surface area contributed by atoms with Gasteiger partial charge in [0.25, 0.3) is 0 Å². The van der Waals surface area contributed by atoms with Gasteiger partial charge in [-0.1, -0.05) is 36.4 Å². The quantitative estimate of drug-likeness (QED) is 0.149. The second-order valence-corrected chi connectivity index (χ2v) is 6.85. The number of hydrogen-bond acceptors (Lipinski definition) is 5. The first kappa shape index (κ1) is 21.0. The first-order valence-electron chi connectivity index (χ1n) is 9.76. The Morgan fingerprint density at radius 2 is 1.80 bits per heavy atom. The summed E-state index contributed by atoms with van der Waals surface area (Å²) in [5, 5.41) is 12.7. The molecule has 30 heavy (non-hydrogen) atoms. The predicted octanol–water partition coefficient (Wildman–Crippen LogP) is 6.09. The maximum Gasteiger partial charge on any atom is 0.343 e. The molecule has 0 saturated carbocycles. The lowest BCUT2D eigenvalue weighted by Crippen LogP contribution is -2.12. The van der Waals surface area contributed by atoms with Crippen LogP contribution in [0.25, 0.3) is 10.8 Å². The third-order valence-corrected chi connectivity index (χ3v) is 4.65. The highest BCUT2D eigenvalue weighted by atomic mass is 16.6. The average Bonchev–Trinajstić information content (AvgIpc) is 2.74. The maximum atomic E-state index is 12.4. The molecular weight excluding hydrogens is 382 g/mol. The molecule has 0 saturated heterocycles. The number of carbonyl (C=O) groups excluding carboxylic acids is 1. The summed E-state index contributed by atoms with van der Waals surface area (Å²) >= 11 is 0. The van der Waals surface area contributed by atoms with Crippen molar-refractivity contribution < 1.29 is 19.2 Å². The highest BCUT2D eigenvalue weighted by Gasteiger charge is 2.23. The van der Waals surface area contributed by atoms with Crippen LogP contribution in [0.3, 0.4) is 0 Å². The highest BCUT2D eigenvalue weighted by molar-refractivity contribution is 6.00. The summed E-state index contributed by atoms with van der Waals surface area (Å²) < 4.78 is 11.4. The van der Waals surface area contributed by atoms with Crippen molar-refractivity contribution in [1.82, 2.24) is 0 Å². The first-order chi connectivity index (χ1) is 14.5. The molecule has 3 aromatic carbocycles. The molecule has 154 valence electrons. The fraction of sp³-hybridized carbons (Fsp3) is 0.208. The van der Waals surface area contributed by atoms with Crippen LogP contribution < -0.4 is 9.47 Å². The third kappa shape index (κ3) is 4.84. The second-order valence-electron chi connectivity index (χ2n) is 6.85. The van der Waals surface area contributed by atoms with Gasteiger partial charge in [0.2, 0.25) is 0 Å². The number of carbonyl (C=O) groups is 1. The zero-order valence-electron chi connectivity index (χ0n) is 16.9. The van der Waals surface area contributed by atoms with Crippen molar-refractivity contribution in [1.29, 1.82) is 0 Å². The monoisotopic (exact) mass is 405 g/mol. The number of hydrogen-bond donors (Lipinski definition) is 0. The van der Waals surface area contributed by atoms with Gasteiger partial charge in [0, 0.05) is 5.39 Å². The van der Waals surface area contributed by atoms with E-state index in [2.05, 4.69) is 0 Å². The summed E-state index contributed by atoms with van der Waals surface area (Å²) in [6.45, 7) is 3.83. The topological polar surface area (TPSA) is 78.7 Å². The van der Waals surface area contributed by atoms with Crippen LogP contribution >= 0.6 is 0 Å². The van der Waals surface area contributed by atoms with Crippen molar-refractivity contribution in [2.75, 3.05) is 0 Å². The van der Waals surface area contributed by atoms with E-state index < -0.39 is 10.9 Å². The first-order valence-corrected chi connectivity index (χ1v) is 9.76. The highest BCUT2D eigenvalue weighted by Crippen LogP contribution is 2.39. The van der Waals surface area contributed by atoms with Crippen LogP contribution in [0.15, 0.2) is 72.8 Å². The Morgan fingerprint density at radius 1 is 1.03 bits per heavy atom. The lowest BCUT2D eigenvalue weighted by Gasteiger charge is -2.15. The van der Waals surface area contributed by atoms with Crippen molar-refractivity contribution in [3.05, 3.63) is 88.5 Å². The minimum atomic E-state index is -0.524. The average molecular weight is 405 g/mol. The molecule has 6 heteroatoms. The molecule has 1 unspecified atom stereocenters. The van der Waals surface area contributed by atoms with E-state index >= 15 is 0 Å². The molecule has 0 aliphatic rings. The lowest BCUT2D eigenvalue weighted by atomic mass is 10.1. The summed E-state index contributed by atoms with van der Waals surface area (Å²) in [5.41, 5.74) is 0.266. The number of nitro benzene ring substituents is 1. The van der Waals surface area contributed by atoms with Crippen molar-refractivity contribution >= 4 is 22.4 Å². The summed E-state index contributed by atoms with van der Waals surface area (Å²) in [4.78, 5) is 23.8. The van der Waals surface area contributed by atoms with Crippen molar-refractivity contribution in [3.8, 4) is 11.5 Å².